The van der Waals surface area contributed by atoms with E-state index in [2.05, 4.69) is 17.0 Å². The van der Waals surface area contributed by atoms with Crippen LogP contribution in [0.15, 0.2) is 97.1 Å². The van der Waals surface area contributed by atoms with Gasteiger partial charge in [0, 0.05) is 19.6 Å². The van der Waals surface area contributed by atoms with Gasteiger partial charge in [-0.2, -0.15) is 0 Å². The maximum atomic E-state index is 13.9. The molecule has 2 aliphatic heterocycles. The van der Waals surface area contributed by atoms with Crippen LogP contribution in [-0.4, -0.2) is 47.5 Å². The largest absolute Gasteiger partial charge is 0.487 e. The predicted octanol–water partition coefficient (Wildman–Crippen LogP) is 6.50. The highest BCUT2D eigenvalue weighted by Gasteiger charge is 2.33. The summed E-state index contributed by atoms with van der Waals surface area (Å²) in [6.07, 6.45) is 0.892. The summed E-state index contributed by atoms with van der Waals surface area (Å²) >= 11 is 0. The van der Waals surface area contributed by atoms with Crippen molar-refractivity contribution in [3.05, 3.63) is 131 Å². The number of fused-ring (bicyclic) bond motifs is 2. The lowest BCUT2D eigenvalue weighted by molar-refractivity contribution is -0.0684. The highest BCUT2D eigenvalue weighted by atomic mass is 19.1. The lowest BCUT2D eigenvalue weighted by Crippen LogP contribution is -2.49. The molecule has 5 nitrogen and oxygen atoms in total. The quantitative estimate of drug-likeness (QED) is 0.218. The van der Waals surface area contributed by atoms with Crippen LogP contribution < -0.4 is 9.47 Å². The van der Waals surface area contributed by atoms with Crippen LogP contribution in [0.5, 0.6) is 11.5 Å². The zero-order valence-electron chi connectivity index (χ0n) is 24.1. The Morgan fingerprint density at radius 3 is 1.91 bits per heavy atom. The van der Waals surface area contributed by atoms with E-state index in [1.165, 1.54) is 18.2 Å². The van der Waals surface area contributed by atoms with E-state index in [9.17, 15) is 13.9 Å². The second kappa shape index (κ2) is 13.7. The van der Waals surface area contributed by atoms with E-state index in [1.807, 2.05) is 48.5 Å². The van der Waals surface area contributed by atoms with E-state index in [-0.39, 0.29) is 23.8 Å². The van der Waals surface area contributed by atoms with E-state index < -0.39 is 12.2 Å². The smallest absolute Gasteiger partial charge is 0.126 e. The van der Waals surface area contributed by atoms with Gasteiger partial charge < -0.3 is 19.3 Å². The van der Waals surface area contributed by atoms with Crippen molar-refractivity contribution in [3.8, 4) is 11.5 Å². The molecule has 4 aromatic rings. The molecule has 0 aromatic heterocycles. The number of benzene rings is 4. The average Bonchev–Trinajstić information content (AvgIpc) is 3.03. The molecule has 1 N–H and O–H groups in total. The molecule has 2 aliphatic rings. The van der Waals surface area contributed by atoms with Crippen molar-refractivity contribution in [2.45, 2.75) is 63.3 Å². The minimum absolute atomic E-state index is 0.246. The fourth-order valence-corrected chi connectivity index (χ4v) is 6.03. The monoisotopic (exact) mass is 585 g/mol. The number of nitrogens with zero attached hydrogens (tertiary/aromatic N) is 1. The normalized spacial score (nSPS) is 19.1. The van der Waals surface area contributed by atoms with E-state index in [4.69, 9.17) is 14.2 Å². The topological polar surface area (TPSA) is 51.2 Å². The molecule has 0 radical (unpaired) electrons. The third-order valence-corrected chi connectivity index (χ3v) is 8.28. The van der Waals surface area contributed by atoms with E-state index in [1.54, 1.807) is 18.2 Å². The lowest BCUT2D eigenvalue weighted by atomic mass is 9.97. The average molecular weight is 586 g/mol. The summed E-state index contributed by atoms with van der Waals surface area (Å²) < 4.78 is 46.7. The van der Waals surface area contributed by atoms with Gasteiger partial charge >= 0.3 is 0 Å². The molecule has 0 saturated carbocycles. The molecule has 4 aromatic carbocycles. The molecule has 7 heteroatoms. The van der Waals surface area contributed by atoms with Crippen molar-refractivity contribution < 1.29 is 28.1 Å². The zero-order valence-corrected chi connectivity index (χ0v) is 24.1. The zero-order chi connectivity index (χ0) is 29.6. The summed E-state index contributed by atoms with van der Waals surface area (Å²) in [6, 6.07) is 29.4. The van der Waals surface area contributed by atoms with Gasteiger partial charge in [0.1, 0.15) is 47.5 Å². The van der Waals surface area contributed by atoms with Crippen LogP contribution in [0.1, 0.15) is 35.1 Å². The van der Waals surface area contributed by atoms with Crippen LogP contribution in [0.4, 0.5) is 8.78 Å². The van der Waals surface area contributed by atoms with Crippen molar-refractivity contribution in [3.63, 3.8) is 0 Å². The third-order valence-electron chi connectivity index (χ3n) is 8.28. The highest BCUT2D eigenvalue weighted by molar-refractivity contribution is 5.37. The molecular formula is C36H37F2NO4. The molecule has 0 bridgehead atoms. The maximum Gasteiger partial charge on any atom is 0.126 e. The number of rotatable bonds is 11. The first kappa shape index (κ1) is 29.3. The minimum Gasteiger partial charge on any atom is -0.487 e. The predicted molar refractivity (Wildman–Crippen MR) is 161 cm³/mol. The molecule has 0 unspecified atom stereocenters. The Labute approximate surface area is 251 Å². The molecular weight excluding hydrogens is 548 g/mol. The van der Waals surface area contributed by atoms with E-state index in [0.717, 1.165) is 22.3 Å². The van der Waals surface area contributed by atoms with Gasteiger partial charge in [0.25, 0.3) is 0 Å². The van der Waals surface area contributed by atoms with Crippen molar-refractivity contribution in [1.29, 1.82) is 0 Å². The van der Waals surface area contributed by atoms with Gasteiger partial charge in [0.15, 0.2) is 0 Å². The fourth-order valence-electron chi connectivity index (χ4n) is 6.03. The number of hydrogen-bond acceptors (Lipinski definition) is 5. The summed E-state index contributed by atoms with van der Waals surface area (Å²) in [4.78, 5) is 2.20. The maximum absolute atomic E-state index is 13.9. The van der Waals surface area contributed by atoms with Crippen molar-refractivity contribution in [2.24, 2.45) is 0 Å². The van der Waals surface area contributed by atoms with Crippen LogP contribution in [0.2, 0.25) is 0 Å². The third kappa shape index (κ3) is 7.60. The summed E-state index contributed by atoms with van der Waals surface area (Å²) in [5.41, 5.74) is 3.87. The van der Waals surface area contributed by atoms with Gasteiger partial charge in [-0.05, 0) is 84.3 Å². The Hall–Kier alpha value is -3.78. The first-order valence-corrected chi connectivity index (χ1v) is 15.0. The van der Waals surface area contributed by atoms with Gasteiger partial charge in [-0.25, -0.2) is 8.78 Å². The summed E-state index contributed by atoms with van der Waals surface area (Å²) in [7, 11) is 0. The van der Waals surface area contributed by atoms with Gasteiger partial charge in [0.2, 0.25) is 0 Å². The molecule has 2 heterocycles. The van der Waals surface area contributed by atoms with Crippen LogP contribution in [-0.2, 0) is 30.7 Å². The van der Waals surface area contributed by atoms with Gasteiger partial charge in [-0.1, -0.05) is 60.7 Å². The number of halogens is 2. The molecule has 0 aliphatic carbocycles. The number of aliphatic hydroxyl groups is 1. The van der Waals surface area contributed by atoms with Crippen molar-refractivity contribution in [2.75, 3.05) is 13.1 Å². The van der Waals surface area contributed by atoms with Crippen molar-refractivity contribution >= 4 is 0 Å². The molecule has 0 saturated heterocycles. The molecule has 6 rings (SSSR count). The van der Waals surface area contributed by atoms with E-state index >= 15 is 0 Å². The molecule has 43 heavy (non-hydrogen) atoms. The number of ether oxygens (including phenoxy) is 3. The minimum atomic E-state index is -0.771. The Morgan fingerprint density at radius 1 is 0.721 bits per heavy atom. The van der Waals surface area contributed by atoms with Gasteiger partial charge in [-0.3, -0.25) is 4.90 Å². The van der Waals surface area contributed by atoms with Crippen LogP contribution in [0.3, 0.4) is 0 Å². The summed E-state index contributed by atoms with van der Waals surface area (Å²) in [5, 5.41) is 11.4. The second-order valence-electron chi connectivity index (χ2n) is 11.5. The van der Waals surface area contributed by atoms with Crippen LogP contribution in [0, 0.1) is 11.6 Å². The lowest BCUT2D eigenvalue weighted by Gasteiger charge is -2.37. The Balaban J connectivity index is 1.21. The van der Waals surface area contributed by atoms with Gasteiger partial charge in [0.05, 0.1) is 6.61 Å². The summed E-state index contributed by atoms with van der Waals surface area (Å²) in [5.74, 6) is 0.764. The van der Waals surface area contributed by atoms with Crippen LogP contribution >= 0.6 is 0 Å². The second-order valence-corrected chi connectivity index (χ2v) is 11.5. The molecule has 224 valence electrons. The molecule has 0 spiro atoms. The van der Waals surface area contributed by atoms with Gasteiger partial charge in [-0.15, -0.1) is 0 Å². The standard InChI is InChI=1S/C36H37F2NO4/c37-29-13-17-32-27(19-29)11-15-34(42-32)31(40)22-39(21-25-7-3-1-4-8-25)23-36(41-24-26-9-5-2-6-10-26)35-16-12-28-20-30(38)14-18-33(28)43-35/h1-10,13-14,17-20,31,34-36,40H,11-12,15-16,21-24H2/t31-,34-,35+,36-/m1/s1. The molecule has 0 amide bonds. The number of hydrogen-bond donors (Lipinski definition) is 1. The first-order valence-electron chi connectivity index (χ1n) is 15.0. The Morgan fingerprint density at radius 2 is 1.28 bits per heavy atom. The first-order chi connectivity index (χ1) is 21.0. The molecule has 0 fully saturated rings. The summed E-state index contributed by atoms with van der Waals surface area (Å²) in [6.45, 7) is 1.89. The number of aliphatic hydroxyl groups excluding tert-OH is 1. The van der Waals surface area contributed by atoms with Crippen molar-refractivity contribution in [1.82, 2.24) is 4.90 Å². The number of aryl methyl sites for hydroxylation is 2. The Bertz CT molecular complexity index is 1490. The Kier molecular flexibility index (Phi) is 9.32. The van der Waals surface area contributed by atoms with E-state index in [0.29, 0.717) is 63.4 Å². The SMILES string of the molecule is O[C@H](CN(Cc1ccccc1)C[C@@H](OCc1ccccc1)[C@@H]1CCc2cc(F)ccc2O1)[C@H]1CCc2cc(F)ccc2O1. The van der Waals surface area contributed by atoms with Crippen LogP contribution in [0.25, 0.3) is 0 Å². The highest BCUT2D eigenvalue weighted by Crippen LogP contribution is 2.32. The molecule has 4 atom stereocenters. The fraction of sp³-hybridized carbons (Fsp3) is 0.333.